The first kappa shape index (κ1) is 14.8. The predicted molar refractivity (Wildman–Crippen MR) is 73.2 cm³/mol. The largest absolute Gasteiger partial charge is 0.462 e. The summed E-state index contributed by atoms with van der Waals surface area (Å²) in [5.74, 6) is -2.11. The first-order valence-corrected chi connectivity index (χ1v) is 6.20. The highest BCUT2D eigenvalue weighted by Crippen LogP contribution is 2.27. The van der Waals surface area contributed by atoms with E-state index in [0.717, 1.165) is 12.1 Å². The molecule has 0 atom stereocenters. The maximum Gasteiger partial charge on any atom is 0.340 e. The van der Waals surface area contributed by atoms with Gasteiger partial charge >= 0.3 is 5.97 Å². The van der Waals surface area contributed by atoms with E-state index in [0.29, 0.717) is 6.07 Å². The van der Waals surface area contributed by atoms with E-state index in [1.165, 1.54) is 18.2 Å². The van der Waals surface area contributed by atoms with Gasteiger partial charge in [0.05, 0.1) is 12.2 Å². The van der Waals surface area contributed by atoms with E-state index in [1.54, 1.807) is 6.92 Å². The third-order valence-electron chi connectivity index (χ3n) is 2.64. The SMILES string of the molecule is CCOC(=O)c1cc(Oc2ccc(F)cc2F)ccc1N. The lowest BCUT2D eigenvalue weighted by Gasteiger charge is -2.10. The lowest BCUT2D eigenvalue weighted by atomic mass is 10.1. The van der Waals surface area contributed by atoms with Crippen LogP contribution in [0.5, 0.6) is 11.5 Å². The van der Waals surface area contributed by atoms with Gasteiger partial charge in [-0.1, -0.05) is 0 Å². The number of carbonyl (C=O) groups is 1. The van der Waals surface area contributed by atoms with Crippen molar-refractivity contribution < 1.29 is 23.0 Å². The topological polar surface area (TPSA) is 61.5 Å². The molecule has 2 aromatic rings. The normalized spacial score (nSPS) is 10.2. The second-order valence-electron chi connectivity index (χ2n) is 4.15. The van der Waals surface area contributed by atoms with Crippen molar-refractivity contribution >= 4 is 11.7 Å². The molecule has 0 aliphatic rings. The zero-order chi connectivity index (χ0) is 15.4. The van der Waals surface area contributed by atoms with Crippen molar-refractivity contribution in [2.75, 3.05) is 12.3 Å². The van der Waals surface area contributed by atoms with Gasteiger partial charge in [0.25, 0.3) is 0 Å². The maximum absolute atomic E-state index is 13.5. The van der Waals surface area contributed by atoms with Crippen molar-refractivity contribution in [3.8, 4) is 11.5 Å². The molecular formula is C15H13F2NO3. The number of nitrogens with two attached hydrogens (primary N) is 1. The second-order valence-corrected chi connectivity index (χ2v) is 4.15. The number of ether oxygens (including phenoxy) is 2. The Labute approximate surface area is 120 Å². The van der Waals surface area contributed by atoms with Crippen molar-refractivity contribution in [2.45, 2.75) is 6.92 Å². The quantitative estimate of drug-likeness (QED) is 0.692. The Morgan fingerprint density at radius 2 is 1.95 bits per heavy atom. The molecule has 0 radical (unpaired) electrons. The molecule has 0 amide bonds. The van der Waals surface area contributed by atoms with Crippen LogP contribution in [-0.4, -0.2) is 12.6 Å². The van der Waals surface area contributed by atoms with E-state index in [4.69, 9.17) is 15.2 Å². The summed E-state index contributed by atoms with van der Waals surface area (Å²) >= 11 is 0. The van der Waals surface area contributed by atoms with Gasteiger partial charge in [0.2, 0.25) is 0 Å². The zero-order valence-electron chi connectivity index (χ0n) is 11.2. The van der Waals surface area contributed by atoms with Crippen LogP contribution in [0.15, 0.2) is 36.4 Å². The van der Waals surface area contributed by atoms with E-state index in [1.807, 2.05) is 0 Å². The minimum Gasteiger partial charge on any atom is -0.462 e. The van der Waals surface area contributed by atoms with E-state index in [2.05, 4.69) is 0 Å². The number of anilines is 1. The van der Waals surface area contributed by atoms with Gasteiger partial charge in [-0.05, 0) is 37.3 Å². The molecule has 0 saturated heterocycles. The molecule has 2 aromatic carbocycles. The Hall–Kier alpha value is -2.63. The molecule has 0 aliphatic carbocycles. The van der Waals surface area contributed by atoms with Crippen LogP contribution in [0.1, 0.15) is 17.3 Å². The number of carbonyl (C=O) groups excluding carboxylic acids is 1. The number of hydrogen-bond donors (Lipinski definition) is 1. The molecule has 0 unspecified atom stereocenters. The van der Waals surface area contributed by atoms with E-state index >= 15 is 0 Å². The molecule has 0 aliphatic heterocycles. The van der Waals surface area contributed by atoms with Gasteiger partial charge in [-0.25, -0.2) is 13.6 Å². The summed E-state index contributed by atoms with van der Waals surface area (Å²) in [5, 5.41) is 0. The van der Waals surface area contributed by atoms with Crippen LogP contribution in [-0.2, 0) is 4.74 Å². The fourth-order valence-electron chi connectivity index (χ4n) is 1.67. The first-order chi connectivity index (χ1) is 10.0. The third-order valence-corrected chi connectivity index (χ3v) is 2.64. The molecule has 21 heavy (non-hydrogen) atoms. The standard InChI is InChI=1S/C15H13F2NO3/c1-2-20-15(19)11-8-10(4-5-13(11)18)21-14-6-3-9(16)7-12(14)17/h3-8H,2,18H2,1H3. The van der Waals surface area contributed by atoms with Gasteiger partial charge in [0.1, 0.15) is 11.6 Å². The molecular weight excluding hydrogens is 280 g/mol. The van der Waals surface area contributed by atoms with Crippen LogP contribution in [0.25, 0.3) is 0 Å². The molecule has 0 fully saturated rings. The van der Waals surface area contributed by atoms with Gasteiger partial charge in [0.15, 0.2) is 11.6 Å². The van der Waals surface area contributed by atoms with Crippen LogP contribution in [0.4, 0.5) is 14.5 Å². The van der Waals surface area contributed by atoms with Crippen molar-refractivity contribution in [1.82, 2.24) is 0 Å². The molecule has 0 aromatic heterocycles. The van der Waals surface area contributed by atoms with Crippen molar-refractivity contribution in [3.05, 3.63) is 53.6 Å². The molecule has 0 heterocycles. The van der Waals surface area contributed by atoms with Crippen LogP contribution >= 0.6 is 0 Å². The molecule has 2 N–H and O–H groups in total. The third kappa shape index (κ3) is 3.47. The lowest BCUT2D eigenvalue weighted by Crippen LogP contribution is -2.08. The van der Waals surface area contributed by atoms with Crippen molar-refractivity contribution in [3.63, 3.8) is 0 Å². The smallest absolute Gasteiger partial charge is 0.340 e. The maximum atomic E-state index is 13.5. The van der Waals surface area contributed by atoms with E-state index < -0.39 is 17.6 Å². The minimum absolute atomic E-state index is 0.122. The van der Waals surface area contributed by atoms with Crippen LogP contribution < -0.4 is 10.5 Å². The first-order valence-electron chi connectivity index (χ1n) is 6.20. The molecule has 0 saturated carbocycles. The van der Waals surface area contributed by atoms with Gasteiger partial charge in [0, 0.05) is 11.8 Å². The Kier molecular flexibility index (Phi) is 4.37. The number of hydrogen-bond acceptors (Lipinski definition) is 4. The molecule has 110 valence electrons. The summed E-state index contributed by atoms with van der Waals surface area (Å²) < 4.78 is 36.5. The Morgan fingerprint density at radius 1 is 1.19 bits per heavy atom. The summed E-state index contributed by atoms with van der Waals surface area (Å²) in [6.45, 7) is 1.87. The molecule has 4 nitrogen and oxygen atoms in total. The highest BCUT2D eigenvalue weighted by atomic mass is 19.1. The van der Waals surface area contributed by atoms with E-state index in [-0.39, 0.29) is 29.4 Å². The van der Waals surface area contributed by atoms with Gasteiger partial charge in [-0.3, -0.25) is 0 Å². The van der Waals surface area contributed by atoms with Crippen molar-refractivity contribution in [2.24, 2.45) is 0 Å². The average Bonchev–Trinajstić information content (AvgIpc) is 2.44. The summed E-state index contributed by atoms with van der Waals surface area (Å²) in [4.78, 5) is 11.7. The summed E-state index contributed by atoms with van der Waals surface area (Å²) in [5.41, 5.74) is 6.03. The minimum atomic E-state index is -0.843. The zero-order valence-corrected chi connectivity index (χ0v) is 11.2. The van der Waals surface area contributed by atoms with Gasteiger partial charge < -0.3 is 15.2 Å². The number of nitrogen functional groups attached to an aromatic ring is 1. The molecule has 0 spiro atoms. The second kappa shape index (κ2) is 6.21. The molecule has 6 heteroatoms. The summed E-state index contributed by atoms with van der Waals surface area (Å²) in [7, 11) is 0. The Balaban J connectivity index is 2.28. The predicted octanol–water partition coefficient (Wildman–Crippen LogP) is 3.52. The number of benzene rings is 2. The summed E-state index contributed by atoms with van der Waals surface area (Å²) in [6.07, 6.45) is 0. The van der Waals surface area contributed by atoms with Gasteiger partial charge in [-0.15, -0.1) is 0 Å². The summed E-state index contributed by atoms with van der Waals surface area (Å²) in [6, 6.07) is 7.20. The average molecular weight is 293 g/mol. The van der Waals surface area contributed by atoms with Gasteiger partial charge in [-0.2, -0.15) is 0 Å². The molecule has 2 rings (SSSR count). The monoisotopic (exact) mass is 293 g/mol. The van der Waals surface area contributed by atoms with Crippen molar-refractivity contribution in [1.29, 1.82) is 0 Å². The van der Waals surface area contributed by atoms with Crippen LogP contribution in [0.3, 0.4) is 0 Å². The molecule has 0 bridgehead atoms. The lowest BCUT2D eigenvalue weighted by molar-refractivity contribution is 0.0527. The Bertz CT molecular complexity index is 674. The fraction of sp³-hybridized carbons (Fsp3) is 0.133. The number of rotatable bonds is 4. The Morgan fingerprint density at radius 3 is 2.62 bits per heavy atom. The highest BCUT2D eigenvalue weighted by Gasteiger charge is 2.13. The number of esters is 1. The highest BCUT2D eigenvalue weighted by molar-refractivity contribution is 5.95. The fourth-order valence-corrected chi connectivity index (χ4v) is 1.67. The number of halogens is 2. The van der Waals surface area contributed by atoms with Crippen LogP contribution in [0.2, 0.25) is 0 Å². The van der Waals surface area contributed by atoms with E-state index in [9.17, 15) is 13.6 Å². The van der Waals surface area contributed by atoms with Crippen LogP contribution in [0, 0.1) is 11.6 Å².